The molecule has 0 amide bonds. The van der Waals surface area contributed by atoms with Gasteiger partial charge in [-0.2, -0.15) is 0 Å². The van der Waals surface area contributed by atoms with Gasteiger partial charge in [-0.25, -0.2) is 13.4 Å². The lowest BCUT2D eigenvalue weighted by Gasteiger charge is -2.10. The minimum Gasteiger partial charge on any atom is -0.487 e. The fraction of sp³-hybridized carbons (Fsp3) is 0.400. The van der Waals surface area contributed by atoms with Crippen molar-refractivity contribution in [1.29, 1.82) is 0 Å². The van der Waals surface area contributed by atoms with Crippen molar-refractivity contribution in [2.75, 3.05) is 11.0 Å². The monoisotopic (exact) mass is 256 g/mol. The number of hydrogen-bond donors (Lipinski definition) is 1. The van der Waals surface area contributed by atoms with Gasteiger partial charge < -0.3 is 4.74 Å². The summed E-state index contributed by atoms with van der Waals surface area (Å²) in [7, 11) is -3.45. The number of rotatable bonds is 5. The van der Waals surface area contributed by atoms with Crippen LogP contribution in [0.5, 0.6) is 5.75 Å². The van der Waals surface area contributed by atoms with Crippen molar-refractivity contribution in [2.45, 2.75) is 18.9 Å². The third kappa shape index (κ3) is 3.42. The van der Waals surface area contributed by atoms with Crippen molar-refractivity contribution in [3.8, 4) is 5.75 Å². The predicted octanol–water partition coefficient (Wildman–Crippen LogP) is 0.807. The Morgan fingerprint density at radius 1 is 1.47 bits per heavy atom. The van der Waals surface area contributed by atoms with Crippen LogP contribution in [0, 0.1) is 0 Å². The van der Waals surface area contributed by atoms with Crippen LogP contribution in [-0.4, -0.2) is 32.0 Å². The Morgan fingerprint density at radius 3 is 2.71 bits per heavy atom. The highest BCUT2D eigenvalue weighted by Gasteiger charge is 2.25. The van der Waals surface area contributed by atoms with Crippen LogP contribution in [0.15, 0.2) is 12.1 Å². The van der Waals surface area contributed by atoms with Crippen molar-refractivity contribution in [3.05, 3.63) is 17.8 Å². The van der Waals surface area contributed by atoms with Crippen LogP contribution >= 0.6 is 0 Å². The molecule has 0 atom stereocenters. The van der Waals surface area contributed by atoms with E-state index in [1.54, 1.807) is 6.07 Å². The van der Waals surface area contributed by atoms with Gasteiger partial charge in [0.25, 0.3) is 0 Å². The minimum atomic E-state index is -3.45. The van der Waals surface area contributed by atoms with Gasteiger partial charge in [-0.3, -0.25) is 9.52 Å². The van der Waals surface area contributed by atoms with E-state index in [2.05, 4.69) is 9.71 Å². The number of sulfonamides is 1. The summed E-state index contributed by atoms with van der Waals surface area (Å²) in [5, 5.41) is 0. The molecule has 0 radical (unpaired) electrons. The zero-order valence-electron chi connectivity index (χ0n) is 9.21. The minimum absolute atomic E-state index is 0.0593. The van der Waals surface area contributed by atoms with E-state index < -0.39 is 10.0 Å². The van der Waals surface area contributed by atoms with Gasteiger partial charge in [-0.15, -0.1) is 0 Å². The Morgan fingerprint density at radius 2 is 2.18 bits per heavy atom. The van der Waals surface area contributed by atoms with Crippen molar-refractivity contribution in [1.82, 2.24) is 4.98 Å². The molecule has 1 aromatic rings. The Hall–Kier alpha value is -1.63. The molecule has 1 aromatic heterocycles. The lowest BCUT2D eigenvalue weighted by molar-refractivity contribution is 0.111. The van der Waals surface area contributed by atoms with Gasteiger partial charge >= 0.3 is 0 Å². The van der Waals surface area contributed by atoms with Crippen LogP contribution in [-0.2, 0) is 10.0 Å². The fourth-order valence-corrected chi connectivity index (χ4v) is 1.73. The summed E-state index contributed by atoms with van der Waals surface area (Å²) in [4.78, 5) is 14.5. The summed E-state index contributed by atoms with van der Waals surface area (Å²) in [5.41, 5.74) is 0.152. The Labute approximate surface area is 99.1 Å². The van der Waals surface area contributed by atoms with Gasteiger partial charge in [0.05, 0.1) is 12.4 Å². The van der Waals surface area contributed by atoms with Crippen molar-refractivity contribution in [2.24, 2.45) is 0 Å². The maximum atomic E-state index is 11.2. The number of carbonyl (C=O) groups is 1. The number of aldehydes is 1. The number of anilines is 1. The standard InChI is InChI=1S/C10H12N2O4S/c1-17(14,15)12-10-9(16-8-3-4-8)5-2-7(6-13)11-10/h2,5-6,8H,3-4H2,1H3,(H,11,12). The zero-order chi connectivity index (χ0) is 12.5. The van der Waals surface area contributed by atoms with E-state index in [0.29, 0.717) is 12.0 Å². The first kappa shape index (κ1) is 11.8. The fourth-order valence-electron chi connectivity index (χ4n) is 1.24. The number of pyridine rings is 1. The van der Waals surface area contributed by atoms with E-state index in [-0.39, 0.29) is 17.6 Å². The maximum Gasteiger partial charge on any atom is 0.231 e. The van der Waals surface area contributed by atoms with Gasteiger partial charge in [0, 0.05) is 0 Å². The summed E-state index contributed by atoms with van der Waals surface area (Å²) in [6.07, 6.45) is 3.60. The Kier molecular flexibility index (Phi) is 3.01. The number of aromatic nitrogens is 1. The number of carbonyl (C=O) groups excluding carboxylic acids is 1. The molecule has 0 saturated heterocycles. The maximum absolute atomic E-state index is 11.2. The molecule has 0 spiro atoms. The number of nitrogens with one attached hydrogen (secondary N) is 1. The SMILES string of the molecule is CS(=O)(=O)Nc1nc(C=O)ccc1OC1CC1. The highest BCUT2D eigenvalue weighted by atomic mass is 32.2. The van der Waals surface area contributed by atoms with Crippen molar-refractivity contribution >= 4 is 22.1 Å². The first-order chi connectivity index (χ1) is 7.98. The van der Waals surface area contributed by atoms with Crippen molar-refractivity contribution in [3.63, 3.8) is 0 Å². The molecule has 1 aliphatic rings. The smallest absolute Gasteiger partial charge is 0.231 e. The molecule has 0 bridgehead atoms. The lowest BCUT2D eigenvalue weighted by atomic mass is 10.3. The summed E-state index contributed by atoms with van der Waals surface area (Å²) < 4.78 is 30.0. The molecule has 0 aromatic carbocycles. The second-order valence-corrected chi connectivity index (χ2v) is 5.64. The molecule has 17 heavy (non-hydrogen) atoms. The summed E-state index contributed by atoms with van der Waals surface area (Å²) in [5.74, 6) is 0.410. The third-order valence-electron chi connectivity index (χ3n) is 2.10. The largest absolute Gasteiger partial charge is 0.487 e. The molecule has 0 aliphatic heterocycles. The molecule has 7 heteroatoms. The van der Waals surface area contributed by atoms with Crippen LogP contribution in [0.2, 0.25) is 0 Å². The van der Waals surface area contributed by atoms with E-state index in [1.807, 2.05) is 0 Å². The van der Waals surface area contributed by atoms with Gasteiger partial charge in [0.2, 0.25) is 10.0 Å². The summed E-state index contributed by atoms with van der Waals surface area (Å²) in [6, 6.07) is 3.03. The van der Waals surface area contributed by atoms with Gasteiger partial charge in [-0.05, 0) is 25.0 Å². The molecular weight excluding hydrogens is 244 g/mol. The molecule has 1 fully saturated rings. The predicted molar refractivity (Wildman–Crippen MR) is 61.7 cm³/mol. The normalized spacial score (nSPS) is 15.4. The molecule has 1 aliphatic carbocycles. The van der Waals surface area contributed by atoms with Gasteiger partial charge in [0.15, 0.2) is 17.9 Å². The number of ether oxygens (including phenoxy) is 1. The lowest BCUT2D eigenvalue weighted by Crippen LogP contribution is -2.13. The molecule has 1 saturated carbocycles. The van der Waals surface area contributed by atoms with E-state index in [9.17, 15) is 13.2 Å². The molecule has 6 nitrogen and oxygen atoms in total. The van der Waals surface area contributed by atoms with Crippen LogP contribution < -0.4 is 9.46 Å². The molecule has 1 heterocycles. The van der Waals surface area contributed by atoms with Crippen LogP contribution in [0.1, 0.15) is 23.3 Å². The first-order valence-corrected chi connectivity index (χ1v) is 6.98. The van der Waals surface area contributed by atoms with Gasteiger partial charge in [0.1, 0.15) is 5.69 Å². The van der Waals surface area contributed by atoms with E-state index in [0.717, 1.165) is 19.1 Å². The van der Waals surface area contributed by atoms with Crippen molar-refractivity contribution < 1.29 is 17.9 Å². The average Bonchev–Trinajstić information content (AvgIpc) is 3.02. The molecule has 92 valence electrons. The zero-order valence-corrected chi connectivity index (χ0v) is 10.0. The van der Waals surface area contributed by atoms with Crippen LogP contribution in [0.25, 0.3) is 0 Å². The summed E-state index contributed by atoms with van der Waals surface area (Å²) >= 11 is 0. The molecular formula is C10H12N2O4S. The molecule has 0 unspecified atom stereocenters. The topological polar surface area (TPSA) is 85.4 Å². The highest BCUT2D eigenvalue weighted by Crippen LogP contribution is 2.31. The third-order valence-corrected chi connectivity index (χ3v) is 2.66. The molecule has 1 N–H and O–H groups in total. The van der Waals surface area contributed by atoms with E-state index >= 15 is 0 Å². The second-order valence-electron chi connectivity index (χ2n) is 3.89. The Bertz CT molecular complexity index is 537. The Balaban J connectivity index is 2.31. The van der Waals surface area contributed by atoms with Crippen LogP contribution in [0.3, 0.4) is 0 Å². The number of nitrogens with zero attached hydrogens (tertiary/aromatic N) is 1. The van der Waals surface area contributed by atoms with Gasteiger partial charge in [-0.1, -0.05) is 0 Å². The van der Waals surface area contributed by atoms with E-state index in [1.165, 1.54) is 6.07 Å². The average molecular weight is 256 g/mol. The highest BCUT2D eigenvalue weighted by molar-refractivity contribution is 7.92. The van der Waals surface area contributed by atoms with E-state index in [4.69, 9.17) is 4.74 Å². The second kappa shape index (κ2) is 4.33. The number of hydrogen-bond acceptors (Lipinski definition) is 5. The van der Waals surface area contributed by atoms with Crippen LogP contribution in [0.4, 0.5) is 5.82 Å². The first-order valence-electron chi connectivity index (χ1n) is 5.08. The summed E-state index contributed by atoms with van der Waals surface area (Å²) in [6.45, 7) is 0. The molecule has 2 rings (SSSR count). The quantitative estimate of drug-likeness (QED) is 0.788.